The lowest BCUT2D eigenvalue weighted by Gasteiger charge is -2.49. The third-order valence-electron chi connectivity index (χ3n) is 8.29. The maximum atomic E-state index is 6.01. The van der Waals surface area contributed by atoms with Crippen molar-refractivity contribution in [2.75, 3.05) is 20.3 Å². The zero-order valence-electron chi connectivity index (χ0n) is 16.3. The predicted molar refractivity (Wildman–Crippen MR) is 101 cm³/mol. The van der Waals surface area contributed by atoms with Crippen molar-refractivity contribution in [3.05, 3.63) is 35.1 Å². The zero-order chi connectivity index (χ0) is 17.9. The molecule has 3 heteroatoms. The number of ether oxygens (including phenoxy) is 3. The van der Waals surface area contributed by atoms with Crippen molar-refractivity contribution in [2.24, 2.45) is 23.2 Å². The smallest absolute Gasteiger partial charge is 0.172 e. The van der Waals surface area contributed by atoms with Crippen LogP contribution in [0, 0.1) is 23.2 Å². The summed E-state index contributed by atoms with van der Waals surface area (Å²) in [4.78, 5) is 0. The van der Waals surface area contributed by atoms with E-state index in [4.69, 9.17) is 14.2 Å². The van der Waals surface area contributed by atoms with Gasteiger partial charge in [-0.05, 0) is 66.9 Å². The summed E-state index contributed by atoms with van der Waals surface area (Å²) in [6, 6.07) is 0. The second-order valence-corrected chi connectivity index (χ2v) is 9.29. The molecule has 0 aromatic heterocycles. The molecule has 142 valence electrons. The summed E-state index contributed by atoms with van der Waals surface area (Å²) in [6.07, 6.45) is 12.0. The Balaban J connectivity index is 1.45. The molecule has 4 aliphatic carbocycles. The molecule has 1 heterocycles. The van der Waals surface area contributed by atoms with Gasteiger partial charge in [0.15, 0.2) is 5.79 Å². The lowest BCUT2D eigenvalue weighted by Crippen LogP contribution is -2.41. The fourth-order valence-corrected chi connectivity index (χ4v) is 6.96. The minimum absolute atomic E-state index is 0.288. The molecule has 0 radical (unpaired) electrons. The van der Waals surface area contributed by atoms with Gasteiger partial charge >= 0.3 is 0 Å². The van der Waals surface area contributed by atoms with E-state index in [0.717, 1.165) is 50.1 Å². The Hall–Kier alpha value is -1.06. The van der Waals surface area contributed by atoms with Gasteiger partial charge in [0.2, 0.25) is 0 Å². The highest BCUT2D eigenvalue weighted by Crippen LogP contribution is 2.62. The molecule has 1 saturated heterocycles. The average Bonchev–Trinajstić information content (AvgIpc) is 3.24. The van der Waals surface area contributed by atoms with Crippen molar-refractivity contribution in [1.82, 2.24) is 0 Å². The molecule has 0 bridgehead atoms. The summed E-state index contributed by atoms with van der Waals surface area (Å²) in [6.45, 7) is 8.24. The Kier molecular flexibility index (Phi) is 3.92. The van der Waals surface area contributed by atoms with E-state index in [1.54, 1.807) is 23.8 Å². The summed E-state index contributed by atoms with van der Waals surface area (Å²) >= 11 is 0. The molecule has 3 nitrogen and oxygen atoms in total. The fraction of sp³-hybridized carbons (Fsp3) is 0.739. The van der Waals surface area contributed by atoms with Crippen molar-refractivity contribution in [2.45, 2.75) is 64.1 Å². The molecule has 0 aromatic rings. The number of rotatable bonds is 2. The summed E-state index contributed by atoms with van der Waals surface area (Å²) in [5.41, 5.74) is 5.31. The van der Waals surface area contributed by atoms with E-state index in [1.807, 2.05) is 0 Å². The molecular weight excluding hydrogens is 324 g/mol. The summed E-state index contributed by atoms with van der Waals surface area (Å²) in [5.74, 6) is 2.74. The highest BCUT2D eigenvalue weighted by atomic mass is 16.7. The third-order valence-corrected chi connectivity index (χ3v) is 8.29. The normalized spacial score (nSPS) is 40.7. The maximum absolute atomic E-state index is 6.01. The Morgan fingerprint density at radius 2 is 2.00 bits per heavy atom. The number of hydrogen-bond donors (Lipinski definition) is 0. The summed E-state index contributed by atoms with van der Waals surface area (Å²) < 4.78 is 17.6. The highest BCUT2D eigenvalue weighted by molar-refractivity contribution is 5.44. The minimum atomic E-state index is -0.288. The Labute approximate surface area is 157 Å². The van der Waals surface area contributed by atoms with E-state index < -0.39 is 0 Å². The molecule has 1 saturated carbocycles. The molecule has 1 aliphatic heterocycles. The van der Waals surface area contributed by atoms with Gasteiger partial charge in [-0.1, -0.05) is 25.2 Å². The van der Waals surface area contributed by atoms with Crippen molar-refractivity contribution >= 4 is 0 Å². The molecule has 0 N–H and O–H groups in total. The van der Waals surface area contributed by atoms with Crippen LogP contribution in [-0.4, -0.2) is 26.1 Å². The topological polar surface area (TPSA) is 27.7 Å². The lowest BCUT2D eigenvalue weighted by atomic mass is 9.57. The van der Waals surface area contributed by atoms with E-state index >= 15 is 0 Å². The van der Waals surface area contributed by atoms with Gasteiger partial charge in [-0.3, -0.25) is 0 Å². The highest BCUT2D eigenvalue weighted by Gasteiger charge is 2.54. The van der Waals surface area contributed by atoms with Crippen LogP contribution in [0.2, 0.25) is 0 Å². The van der Waals surface area contributed by atoms with E-state index in [1.165, 1.54) is 32.1 Å². The van der Waals surface area contributed by atoms with Crippen LogP contribution in [0.4, 0.5) is 0 Å². The molecule has 4 atom stereocenters. The van der Waals surface area contributed by atoms with Gasteiger partial charge in [0.05, 0.1) is 26.1 Å². The van der Waals surface area contributed by atoms with Gasteiger partial charge in [0.1, 0.15) is 0 Å². The molecule has 0 amide bonds. The average molecular weight is 357 g/mol. The van der Waals surface area contributed by atoms with Gasteiger partial charge in [-0.15, -0.1) is 0 Å². The maximum Gasteiger partial charge on any atom is 0.172 e. The Morgan fingerprint density at radius 1 is 1.19 bits per heavy atom. The van der Waals surface area contributed by atoms with Gasteiger partial charge in [0, 0.05) is 18.8 Å². The van der Waals surface area contributed by atoms with Crippen LogP contribution >= 0.6 is 0 Å². The van der Waals surface area contributed by atoms with E-state index in [2.05, 4.69) is 19.6 Å². The van der Waals surface area contributed by atoms with Crippen LogP contribution in [0.3, 0.4) is 0 Å². The second-order valence-electron chi connectivity index (χ2n) is 9.29. The first kappa shape index (κ1) is 17.1. The SMILES string of the molecule is C=C(OC)[C@H]1CCC2C3CCC4=C(CCC5(C4)OCCO5)C3=CCC21C. The first-order valence-electron chi connectivity index (χ1n) is 10.5. The number of hydrogen-bond acceptors (Lipinski definition) is 3. The fourth-order valence-electron chi connectivity index (χ4n) is 6.96. The second kappa shape index (κ2) is 5.97. The molecule has 3 unspecified atom stereocenters. The Morgan fingerprint density at radius 3 is 2.77 bits per heavy atom. The van der Waals surface area contributed by atoms with Crippen molar-refractivity contribution in [1.29, 1.82) is 0 Å². The van der Waals surface area contributed by atoms with Crippen molar-refractivity contribution in [3.8, 4) is 0 Å². The van der Waals surface area contributed by atoms with Crippen LogP contribution in [0.15, 0.2) is 35.1 Å². The standard InChI is InChI=1S/C23H32O3/c1-15(24-3)20-6-7-21-19-5-4-16-14-23(25-12-13-26-23)11-9-17(16)18(19)8-10-22(20,21)2/h8,19-21H,1,4-7,9-14H2,2-3H3/t19?,20-,21?,22?/m1/s1. The predicted octanol–water partition coefficient (Wildman–Crippen LogP) is 5.14. The number of fused-ring (bicyclic) bond motifs is 4. The van der Waals surface area contributed by atoms with E-state index in [0.29, 0.717) is 11.3 Å². The van der Waals surface area contributed by atoms with Crippen LogP contribution in [-0.2, 0) is 14.2 Å². The Bertz CT molecular complexity index is 682. The van der Waals surface area contributed by atoms with Gasteiger partial charge in [-0.2, -0.15) is 0 Å². The van der Waals surface area contributed by atoms with Gasteiger partial charge in [0.25, 0.3) is 0 Å². The van der Waals surface area contributed by atoms with Crippen LogP contribution in [0.25, 0.3) is 0 Å². The number of methoxy groups -OCH3 is 1. The molecule has 0 aromatic carbocycles. The van der Waals surface area contributed by atoms with Crippen molar-refractivity contribution in [3.63, 3.8) is 0 Å². The van der Waals surface area contributed by atoms with Crippen LogP contribution in [0.5, 0.6) is 0 Å². The molecule has 26 heavy (non-hydrogen) atoms. The minimum Gasteiger partial charge on any atom is -0.501 e. The lowest BCUT2D eigenvalue weighted by molar-refractivity contribution is -0.164. The zero-order valence-corrected chi connectivity index (χ0v) is 16.3. The first-order valence-corrected chi connectivity index (χ1v) is 10.5. The molecule has 5 aliphatic rings. The first-order chi connectivity index (χ1) is 12.6. The molecule has 2 fully saturated rings. The van der Waals surface area contributed by atoms with E-state index in [-0.39, 0.29) is 5.79 Å². The van der Waals surface area contributed by atoms with Crippen molar-refractivity contribution < 1.29 is 14.2 Å². The van der Waals surface area contributed by atoms with Crippen LogP contribution in [0.1, 0.15) is 58.3 Å². The summed E-state index contributed by atoms with van der Waals surface area (Å²) in [5, 5.41) is 0. The third kappa shape index (κ3) is 2.32. The number of allylic oxidation sites excluding steroid dienone is 4. The quantitative estimate of drug-likeness (QED) is 0.641. The van der Waals surface area contributed by atoms with Gasteiger partial charge < -0.3 is 14.2 Å². The molecule has 1 spiro atoms. The van der Waals surface area contributed by atoms with Gasteiger partial charge in [-0.25, -0.2) is 0 Å². The molecule has 5 rings (SSSR count). The largest absolute Gasteiger partial charge is 0.501 e. The molecular formula is C23H32O3. The monoisotopic (exact) mass is 356 g/mol. The van der Waals surface area contributed by atoms with Crippen LogP contribution < -0.4 is 0 Å². The summed E-state index contributed by atoms with van der Waals surface area (Å²) in [7, 11) is 1.78. The van der Waals surface area contributed by atoms with E-state index in [9.17, 15) is 0 Å².